The van der Waals surface area contributed by atoms with Crippen LogP contribution in [-0.2, 0) is 11.3 Å². The van der Waals surface area contributed by atoms with Crippen LogP contribution in [0, 0.1) is 6.92 Å². The van der Waals surface area contributed by atoms with Gasteiger partial charge in [0.2, 0.25) is 11.7 Å². The molecule has 8 heteroatoms. The number of aromatic nitrogens is 4. The number of benzene rings is 2. The highest BCUT2D eigenvalue weighted by atomic mass is 32.2. The highest BCUT2D eigenvalue weighted by molar-refractivity contribution is 7.99. The van der Waals surface area contributed by atoms with Gasteiger partial charge in [0.05, 0.1) is 23.2 Å². The summed E-state index contributed by atoms with van der Waals surface area (Å²) >= 11 is 1.30. The van der Waals surface area contributed by atoms with Gasteiger partial charge in [-0.2, -0.15) is 0 Å². The number of para-hydroxylation sites is 1. The first-order chi connectivity index (χ1) is 14.1. The van der Waals surface area contributed by atoms with Crippen molar-refractivity contribution in [2.24, 2.45) is 0 Å². The molecule has 0 aliphatic carbocycles. The summed E-state index contributed by atoms with van der Waals surface area (Å²) in [6.07, 6.45) is 0. The van der Waals surface area contributed by atoms with E-state index < -0.39 is 0 Å². The zero-order chi connectivity index (χ0) is 20.4. The van der Waals surface area contributed by atoms with Gasteiger partial charge >= 0.3 is 0 Å². The fraction of sp³-hybridized carbons (Fsp3) is 0.238. The van der Waals surface area contributed by atoms with Gasteiger partial charge in [-0.25, -0.2) is 0 Å². The maximum absolute atomic E-state index is 13.2. The summed E-state index contributed by atoms with van der Waals surface area (Å²) in [6, 6.07) is 15.5. The van der Waals surface area contributed by atoms with Gasteiger partial charge in [0.1, 0.15) is 0 Å². The number of nitrogens with one attached hydrogen (secondary N) is 1. The Labute approximate surface area is 171 Å². The number of hydrogen-bond donors (Lipinski definition) is 1. The smallest absolute Gasteiger partial charge is 0.263 e. The lowest BCUT2D eigenvalue weighted by atomic mass is 10.1. The number of aryl methyl sites for hydroxylation is 1. The molecule has 0 radical (unpaired) electrons. The average molecular weight is 407 g/mol. The van der Waals surface area contributed by atoms with Crippen molar-refractivity contribution in [3.8, 4) is 0 Å². The van der Waals surface area contributed by atoms with Crippen LogP contribution in [0.1, 0.15) is 18.1 Å². The van der Waals surface area contributed by atoms with Crippen molar-refractivity contribution in [3.63, 3.8) is 0 Å². The van der Waals surface area contributed by atoms with Gasteiger partial charge in [0.15, 0.2) is 5.16 Å². The fourth-order valence-electron chi connectivity index (χ4n) is 3.22. The van der Waals surface area contributed by atoms with E-state index in [1.165, 1.54) is 11.8 Å². The molecule has 0 unspecified atom stereocenters. The Balaban J connectivity index is 1.84. The summed E-state index contributed by atoms with van der Waals surface area (Å²) < 4.78 is 3.49. The Hall–Kier alpha value is -3.13. The summed E-state index contributed by atoms with van der Waals surface area (Å²) in [5.74, 6) is 0.638. The molecule has 4 rings (SSSR count). The zero-order valence-electron chi connectivity index (χ0n) is 16.3. The van der Waals surface area contributed by atoms with Crippen molar-refractivity contribution >= 4 is 34.3 Å². The lowest BCUT2D eigenvalue weighted by Crippen LogP contribution is -2.25. The summed E-state index contributed by atoms with van der Waals surface area (Å²) in [7, 11) is 0. The van der Waals surface area contributed by atoms with Gasteiger partial charge in [-0.3, -0.25) is 18.6 Å². The van der Waals surface area contributed by atoms with E-state index in [0.717, 1.165) is 16.6 Å². The van der Waals surface area contributed by atoms with Crippen molar-refractivity contribution in [3.05, 3.63) is 70.0 Å². The van der Waals surface area contributed by atoms with Crippen molar-refractivity contribution < 1.29 is 4.79 Å². The molecule has 2 heterocycles. The Morgan fingerprint density at radius 3 is 2.62 bits per heavy atom. The van der Waals surface area contributed by atoms with Gasteiger partial charge < -0.3 is 5.32 Å². The highest BCUT2D eigenvalue weighted by Crippen LogP contribution is 2.22. The largest absolute Gasteiger partial charge is 0.356 e. The number of carbonyl (C=O) groups excluding carboxylic acids is 1. The van der Waals surface area contributed by atoms with Gasteiger partial charge in [0, 0.05) is 6.54 Å². The van der Waals surface area contributed by atoms with Gasteiger partial charge in [-0.05, 0) is 31.5 Å². The molecule has 148 valence electrons. The third-order valence-electron chi connectivity index (χ3n) is 4.65. The molecule has 0 spiro atoms. The van der Waals surface area contributed by atoms with E-state index >= 15 is 0 Å². The maximum atomic E-state index is 13.2. The molecule has 0 aliphatic rings. The number of amides is 1. The van der Waals surface area contributed by atoms with E-state index in [9.17, 15) is 9.59 Å². The van der Waals surface area contributed by atoms with Gasteiger partial charge in [-0.15, -0.1) is 10.2 Å². The first kappa shape index (κ1) is 19.2. The van der Waals surface area contributed by atoms with Gasteiger partial charge in [0.25, 0.3) is 5.56 Å². The minimum atomic E-state index is -0.110. The summed E-state index contributed by atoms with van der Waals surface area (Å²) in [6.45, 7) is 4.89. The van der Waals surface area contributed by atoms with Crippen LogP contribution < -0.4 is 10.9 Å². The molecule has 0 fully saturated rings. The molecule has 4 aromatic rings. The van der Waals surface area contributed by atoms with Crippen molar-refractivity contribution in [2.75, 3.05) is 12.3 Å². The van der Waals surface area contributed by atoms with Crippen LogP contribution in [-0.4, -0.2) is 37.4 Å². The molecule has 0 bridgehead atoms. The monoisotopic (exact) mass is 407 g/mol. The number of fused-ring (bicyclic) bond motifs is 3. The van der Waals surface area contributed by atoms with Crippen LogP contribution in [0.5, 0.6) is 0 Å². The number of thioether (sulfide) groups is 1. The third-order valence-corrected chi connectivity index (χ3v) is 5.57. The second kappa shape index (κ2) is 8.08. The Morgan fingerprint density at radius 1 is 1.10 bits per heavy atom. The average Bonchev–Trinajstić information content (AvgIpc) is 3.15. The Kier molecular flexibility index (Phi) is 5.35. The molecule has 2 aromatic heterocycles. The summed E-state index contributed by atoms with van der Waals surface area (Å²) in [5.41, 5.74) is 2.79. The lowest BCUT2D eigenvalue weighted by molar-refractivity contribution is -0.118. The molecule has 0 saturated heterocycles. The second-order valence-corrected chi connectivity index (χ2v) is 7.70. The number of nitrogens with zero attached hydrogens (tertiary/aromatic N) is 4. The predicted molar refractivity (Wildman–Crippen MR) is 114 cm³/mol. The van der Waals surface area contributed by atoms with E-state index in [1.54, 1.807) is 10.6 Å². The molecular formula is C21H21N5O2S. The van der Waals surface area contributed by atoms with Crippen molar-refractivity contribution in [1.29, 1.82) is 0 Å². The molecule has 1 amide bonds. The van der Waals surface area contributed by atoms with Crippen LogP contribution in [0.3, 0.4) is 0 Å². The molecule has 0 saturated carbocycles. The quantitative estimate of drug-likeness (QED) is 0.497. The standard InChI is InChI=1S/C21H21N5O2S/c1-3-22-18(27)13-29-21-24-23-20-25(12-15-10-8-14(2)9-11-15)19(28)16-6-4-5-7-17(16)26(20)21/h4-11H,3,12-13H2,1-2H3,(H,22,27). The molecule has 0 atom stereocenters. The Bertz CT molecular complexity index is 1240. The van der Waals surface area contributed by atoms with Crippen LogP contribution in [0.25, 0.3) is 16.7 Å². The minimum absolute atomic E-state index is 0.0634. The van der Waals surface area contributed by atoms with Crippen molar-refractivity contribution in [2.45, 2.75) is 25.5 Å². The Morgan fingerprint density at radius 2 is 1.86 bits per heavy atom. The fourth-order valence-corrected chi connectivity index (χ4v) is 3.99. The van der Waals surface area contributed by atoms with E-state index in [-0.39, 0.29) is 17.2 Å². The van der Waals surface area contributed by atoms with E-state index in [4.69, 9.17) is 0 Å². The molecule has 1 N–H and O–H groups in total. The van der Waals surface area contributed by atoms with E-state index in [2.05, 4.69) is 15.5 Å². The second-order valence-electron chi connectivity index (χ2n) is 6.75. The molecule has 29 heavy (non-hydrogen) atoms. The number of rotatable bonds is 6. The molecular weight excluding hydrogens is 386 g/mol. The van der Waals surface area contributed by atoms with Crippen LogP contribution in [0.4, 0.5) is 0 Å². The molecule has 2 aromatic carbocycles. The maximum Gasteiger partial charge on any atom is 0.263 e. The minimum Gasteiger partial charge on any atom is -0.356 e. The molecule has 0 aliphatic heterocycles. The predicted octanol–water partition coefficient (Wildman–Crippen LogP) is 2.63. The first-order valence-electron chi connectivity index (χ1n) is 9.40. The highest BCUT2D eigenvalue weighted by Gasteiger charge is 2.17. The topological polar surface area (TPSA) is 81.3 Å². The van der Waals surface area contributed by atoms with Crippen molar-refractivity contribution in [1.82, 2.24) is 24.5 Å². The van der Waals surface area contributed by atoms with E-state index in [0.29, 0.717) is 29.4 Å². The number of hydrogen-bond acceptors (Lipinski definition) is 5. The SMILES string of the molecule is CCNC(=O)CSc1nnc2n(Cc3ccc(C)cc3)c(=O)c3ccccc3n12. The summed E-state index contributed by atoms with van der Waals surface area (Å²) in [5, 5.41) is 12.5. The lowest BCUT2D eigenvalue weighted by Gasteiger charge is -2.11. The third kappa shape index (κ3) is 3.75. The van der Waals surface area contributed by atoms with Crippen LogP contribution in [0.15, 0.2) is 58.5 Å². The number of carbonyl (C=O) groups is 1. The van der Waals surface area contributed by atoms with Crippen LogP contribution >= 0.6 is 11.8 Å². The zero-order valence-corrected chi connectivity index (χ0v) is 17.1. The molecule has 7 nitrogen and oxygen atoms in total. The van der Waals surface area contributed by atoms with Gasteiger partial charge in [-0.1, -0.05) is 53.7 Å². The normalized spacial score (nSPS) is 11.2. The summed E-state index contributed by atoms with van der Waals surface area (Å²) in [4.78, 5) is 25.1. The van der Waals surface area contributed by atoms with E-state index in [1.807, 2.05) is 60.7 Å². The first-order valence-corrected chi connectivity index (χ1v) is 10.4. The van der Waals surface area contributed by atoms with Crippen LogP contribution in [0.2, 0.25) is 0 Å².